The molecule has 45 heavy (non-hydrogen) atoms. The quantitative estimate of drug-likeness (QED) is 0.191. The number of rotatable bonds is 1. The predicted octanol–water partition coefficient (Wildman–Crippen LogP) is 5.63. The van der Waals surface area contributed by atoms with Gasteiger partial charge in [-0.1, -0.05) is 56.3 Å². The maximum Gasteiger partial charge on any atom is 0.249 e. The van der Waals surface area contributed by atoms with Gasteiger partial charge in [-0.25, -0.2) is 9.97 Å². The second-order valence-corrected chi connectivity index (χ2v) is 12.7. The van der Waals surface area contributed by atoms with Gasteiger partial charge in [0, 0.05) is 45.0 Å². The summed E-state index contributed by atoms with van der Waals surface area (Å²) >= 11 is 0. The lowest BCUT2D eigenvalue weighted by molar-refractivity contribution is -0.123. The Kier molecular flexibility index (Phi) is 4.68. The normalized spacial score (nSPS) is 23.6. The van der Waals surface area contributed by atoms with Gasteiger partial charge < -0.3 is 34.9 Å². The number of benzene rings is 3. The first kappa shape index (κ1) is 25.0. The fraction of sp³-hybridized carbons (Fsp3) is 0.229. The summed E-state index contributed by atoms with van der Waals surface area (Å²) in [4.78, 5) is 26.7. The number of oxazole rings is 2. The SMILES string of the molecule is CC(C)C1NC(=O)[C@@H](N)Cc2ccc3c(c2)[C@]24c5cccc(c5NC2O3)-c2cccc3[nH]cc(c23)-c2cnc(o2)-c2nc1oc24. The maximum atomic E-state index is 13.4. The molecule has 6 aromatic rings. The Morgan fingerprint density at radius 1 is 1.00 bits per heavy atom. The lowest BCUT2D eigenvalue weighted by Gasteiger charge is -2.28. The standard InChI is InChI=1S/C35H28N6O4/c1-15(2)27-33-40-29-30(45-33)35-20-7-3-6-18(17-5-4-8-23-26(17)19(13-37-23)25-14-38-32(29)43-25)28(20)41-34(35)44-24-10-9-16(11-21(24)35)12-22(36)31(42)39-27/h3-11,13-15,22,27,34,37,41H,12,36H2,1-2H3,(H,39,42)/t22-,27?,34?,35-/m0/s1. The molecule has 5 N–H and O–H groups in total. The largest absolute Gasteiger partial charge is 0.469 e. The van der Waals surface area contributed by atoms with E-state index in [2.05, 4.69) is 58.1 Å². The van der Waals surface area contributed by atoms with Gasteiger partial charge in [0.15, 0.2) is 23.4 Å². The first-order chi connectivity index (χ1) is 21.9. The van der Waals surface area contributed by atoms with Gasteiger partial charge in [-0.2, -0.15) is 0 Å². The zero-order chi connectivity index (χ0) is 30.2. The molecule has 4 aliphatic rings. The van der Waals surface area contributed by atoms with Crippen LogP contribution in [0.5, 0.6) is 5.75 Å². The number of hydrogen-bond acceptors (Lipinski definition) is 8. The van der Waals surface area contributed by atoms with Crippen molar-refractivity contribution in [3.05, 3.63) is 95.3 Å². The number of ether oxygens (including phenoxy) is 1. The number of hydrogen-bond donors (Lipinski definition) is 4. The van der Waals surface area contributed by atoms with Crippen molar-refractivity contribution in [2.45, 2.75) is 44.0 Å². The predicted molar refractivity (Wildman–Crippen MR) is 166 cm³/mol. The van der Waals surface area contributed by atoms with Crippen LogP contribution in [-0.4, -0.2) is 33.1 Å². The molecule has 7 heterocycles. The number of nitrogens with one attached hydrogen (secondary N) is 3. The van der Waals surface area contributed by atoms with E-state index >= 15 is 0 Å². The van der Waals surface area contributed by atoms with Crippen molar-refractivity contribution < 1.29 is 18.4 Å². The molecule has 1 spiro atoms. The molecule has 3 aromatic heterocycles. The highest BCUT2D eigenvalue weighted by atomic mass is 16.5. The molecule has 3 aromatic carbocycles. The summed E-state index contributed by atoms with van der Waals surface area (Å²) in [5, 5.41) is 7.93. The summed E-state index contributed by atoms with van der Waals surface area (Å²) in [6, 6.07) is 17.3. The Labute approximate surface area is 257 Å². The van der Waals surface area contributed by atoms with Crippen molar-refractivity contribution in [1.29, 1.82) is 0 Å². The third kappa shape index (κ3) is 3.09. The van der Waals surface area contributed by atoms with Crippen LogP contribution in [0.25, 0.3) is 44.9 Å². The van der Waals surface area contributed by atoms with Gasteiger partial charge in [-0.3, -0.25) is 4.79 Å². The van der Waals surface area contributed by atoms with Crippen LogP contribution in [0.4, 0.5) is 5.69 Å². The van der Waals surface area contributed by atoms with E-state index < -0.39 is 23.7 Å². The average Bonchev–Trinajstić information content (AvgIpc) is 3.84. The molecule has 4 atom stereocenters. The van der Waals surface area contributed by atoms with Gasteiger partial charge in [0.2, 0.25) is 17.7 Å². The zero-order valence-corrected chi connectivity index (χ0v) is 24.5. The van der Waals surface area contributed by atoms with Gasteiger partial charge in [-0.05, 0) is 35.6 Å². The molecule has 10 bridgehead atoms. The highest BCUT2D eigenvalue weighted by Gasteiger charge is 2.61. The second-order valence-electron chi connectivity index (χ2n) is 12.7. The fourth-order valence-corrected chi connectivity index (χ4v) is 7.77. The van der Waals surface area contributed by atoms with Crippen molar-refractivity contribution in [2.75, 3.05) is 5.32 Å². The third-order valence-electron chi connectivity index (χ3n) is 9.87. The van der Waals surface area contributed by atoms with Crippen molar-refractivity contribution in [2.24, 2.45) is 11.7 Å². The Morgan fingerprint density at radius 2 is 1.87 bits per heavy atom. The van der Waals surface area contributed by atoms with Crippen molar-refractivity contribution in [1.82, 2.24) is 20.3 Å². The number of carbonyl (C=O) groups excluding carboxylic acids is 1. The van der Waals surface area contributed by atoms with E-state index in [1.54, 1.807) is 6.20 Å². The Morgan fingerprint density at radius 3 is 2.76 bits per heavy atom. The lowest BCUT2D eigenvalue weighted by atomic mass is 9.72. The van der Waals surface area contributed by atoms with Crippen LogP contribution in [-0.2, 0) is 16.6 Å². The van der Waals surface area contributed by atoms with E-state index in [-0.39, 0.29) is 11.8 Å². The number of aromatic nitrogens is 3. The van der Waals surface area contributed by atoms with E-state index in [1.165, 1.54) is 0 Å². The lowest BCUT2D eigenvalue weighted by Crippen LogP contribution is -2.45. The summed E-state index contributed by atoms with van der Waals surface area (Å²) < 4.78 is 20.2. The number of para-hydroxylation sites is 1. The summed E-state index contributed by atoms with van der Waals surface area (Å²) in [6.45, 7) is 4.04. The molecular weight excluding hydrogens is 568 g/mol. The van der Waals surface area contributed by atoms with E-state index in [9.17, 15) is 4.79 Å². The maximum absolute atomic E-state index is 13.4. The van der Waals surface area contributed by atoms with Gasteiger partial charge >= 0.3 is 0 Å². The summed E-state index contributed by atoms with van der Waals surface area (Å²) in [5.41, 5.74) is 13.8. The van der Waals surface area contributed by atoms with Gasteiger partial charge in [0.05, 0.1) is 12.2 Å². The number of anilines is 1. The molecule has 10 nitrogen and oxygen atoms in total. The minimum atomic E-state index is -0.950. The number of aromatic amines is 1. The first-order valence-corrected chi connectivity index (χ1v) is 15.3. The van der Waals surface area contributed by atoms with E-state index in [4.69, 9.17) is 29.3 Å². The second kappa shape index (κ2) is 8.42. The minimum absolute atomic E-state index is 0.0459. The van der Waals surface area contributed by atoms with E-state index in [0.29, 0.717) is 35.4 Å². The highest BCUT2D eigenvalue weighted by Crippen LogP contribution is 2.61. The topological polar surface area (TPSA) is 144 Å². The molecule has 1 amide bonds. The molecule has 222 valence electrons. The highest BCUT2D eigenvalue weighted by molar-refractivity contribution is 6.07. The van der Waals surface area contributed by atoms with Crippen LogP contribution in [0.3, 0.4) is 0 Å². The van der Waals surface area contributed by atoms with Crippen molar-refractivity contribution in [3.8, 4) is 39.8 Å². The molecule has 0 aliphatic carbocycles. The number of fused-ring (bicyclic) bond motifs is 7. The molecule has 0 saturated carbocycles. The number of H-pyrrole nitrogens is 1. The number of nitrogens with two attached hydrogens (primary N) is 1. The minimum Gasteiger partial charge on any atom is -0.469 e. The third-order valence-corrected chi connectivity index (χ3v) is 9.87. The summed E-state index contributed by atoms with van der Waals surface area (Å²) in [6.07, 6.45) is 3.51. The van der Waals surface area contributed by atoms with Crippen LogP contribution in [0.15, 0.2) is 75.8 Å². The van der Waals surface area contributed by atoms with Crippen LogP contribution < -0.4 is 21.1 Å². The van der Waals surface area contributed by atoms with Crippen LogP contribution in [0.1, 0.15) is 48.2 Å². The molecule has 10 heteroatoms. The molecular formula is C35H28N6O4. The van der Waals surface area contributed by atoms with Crippen LogP contribution >= 0.6 is 0 Å². The molecule has 2 unspecified atom stereocenters. The Hall–Kier alpha value is -5.35. The number of carbonyl (C=O) groups is 1. The van der Waals surface area contributed by atoms with E-state index in [1.807, 2.05) is 32.2 Å². The monoisotopic (exact) mass is 596 g/mol. The van der Waals surface area contributed by atoms with E-state index in [0.717, 1.165) is 55.7 Å². The molecule has 0 fully saturated rings. The molecule has 10 rings (SSSR count). The zero-order valence-electron chi connectivity index (χ0n) is 24.5. The summed E-state index contributed by atoms with van der Waals surface area (Å²) in [5.74, 6) is 2.25. The van der Waals surface area contributed by atoms with Crippen LogP contribution in [0.2, 0.25) is 0 Å². The summed E-state index contributed by atoms with van der Waals surface area (Å²) in [7, 11) is 0. The fourth-order valence-electron chi connectivity index (χ4n) is 7.77. The molecule has 0 saturated heterocycles. The van der Waals surface area contributed by atoms with Crippen molar-refractivity contribution in [3.63, 3.8) is 0 Å². The van der Waals surface area contributed by atoms with Gasteiger partial charge in [0.25, 0.3) is 0 Å². The Bertz CT molecular complexity index is 2240. The average molecular weight is 597 g/mol. The number of amides is 1. The van der Waals surface area contributed by atoms with Gasteiger partial charge in [0.1, 0.15) is 17.2 Å². The van der Waals surface area contributed by atoms with Crippen LogP contribution in [0, 0.1) is 5.92 Å². The smallest absolute Gasteiger partial charge is 0.249 e. The molecule has 0 radical (unpaired) electrons. The Balaban J connectivity index is 1.39. The number of nitrogens with zero attached hydrogens (tertiary/aromatic N) is 2. The van der Waals surface area contributed by atoms with Gasteiger partial charge in [-0.15, -0.1) is 0 Å². The first-order valence-electron chi connectivity index (χ1n) is 15.3. The van der Waals surface area contributed by atoms with Crippen molar-refractivity contribution >= 4 is 22.5 Å². The molecule has 4 aliphatic heterocycles.